The van der Waals surface area contributed by atoms with Gasteiger partial charge in [0.15, 0.2) is 0 Å². The van der Waals surface area contributed by atoms with Crippen LogP contribution < -0.4 is 4.90 Å². The third-order valence-electron chi connectivity index (χ3n) is 8.60. The Bertz CT molecular complexity index is 2180. The number of aryl methyl sites for hydroxylation is 1. The van der Waals surface area contributed by atoms with E-state index in [9.17, 15) is 0 Å². The Morgan fingerprint density at radius 2 is 0.822 bits per heavy atom. The Balaban J connectivity index is 1.21. The van der Waals surface area contributed by atoms with Crippen LogP contribution in [-0.2, 0) is 0 Å². The van der Waals surface area contributed by atoms with E-state index >= 15 is 0 Å². The van der Waals surface area contributed by atoms with Crippen LogP contribution in [0.25, 0.3) is 49.7 Å². The van der Waals surface area contributed by atoms with Gasteiger partial charge in [-0.15, -0.1) is 0 Å². The average molecular weight is 578 g/mol. The molecule has 8 aromatic rings. The molecule has 6 aromatic carbocycles. The molecule has 0 aliphatic rings. The Morgan fingerprint density at radius 1 is 0.422 bits per heavy atom. The molecular weight excluding hydrogens is 546 g/mol. The second kappa shape index (κ2) is 11.3. The lowest BCUT2D eigenvalue weighted by molar-refractivity contribution is 1.17. The molecular formula is C42H31N3. The molecule has 3 heteroatoms. The molecule has 0 aliphatic carbocycles. The van der Waals surface area contributed by atoms with Gasteiger partial charge in [0.25, 0.3) is 0 Å². The first-order valence-corrected chi connectivity index (χ1v) is 15.3. The van der Waals surface area contributed by atoms with Crippen molar-refractivity contribution in [3.05, 3.63) is 176 Å². The third-order valence-corrected chi connectivity index (χ3v) is 8.60. The molecule has 0 amide bonds. The van der Waals surface area contributed by atoms with Crippen molar-refractivity contribution in [3.63, 3.8) is 0 Å². The molecule has 0 atom stereocenters. The molecule has 0 spiro atoms. The summed E-state index contributed by atoms with van der Waals surface area (Å²) in [6.07, 6.45) is 3.67. The van der Waals surface area contributed by atoms with Crippen LogP contribution in [0.4, 0.5) is 17.1 Å². The Morgan fingerprint density at radius 3 is 1.31 bits per heavy atom. The van der Waals surface area contributed by atoms with Crippen LogP contribution in [0, 0.1) is 6.92 Å². The van der Waals surface area contributed by atoms with Gasteiger partial charge in [-0.3, -0.25) is 4.98 Å². The number of benzene rings is 6. The van der Waals surface area contributed by atoms with Crippen LogP contribution in [0.15, 0.2) is 170 Å². The van der Waals surface area contributed by atoms with E-state index in [1.165, 1.54) is 38.5 Å². The molecule has 214 valence electrons. The number of hydrogen-bond acceptors (Lipinski definition) is 2. The smallest absolute Gasteiger partial charge is 0.0541 e. The fourth-order valence-electron chi connectivity index (χ4n) is 6.29. The molecule has 45 heavy (non-hydrogen) atoms. The van der Waals surface area contributed by atoms with Crippen LogP contribution in [0.3, 0.4) is 0 Å². The lowest BCUT2D eigenvalue weighted by Crippen LogP contribution is -2.10. The number of anilines is 3. The van der Waals surface area contributed by atoms with Crippen LogP contribution in [0.2, 0.25) is 0 Å². The summed E-state index contributed by atoms with van der Waals surface area (Å²) in [5.74, 6) is 0. The third kappa shape index (κ3) is 4.95. The largest absolute Gasteiger partial charge is 0.311 e. The van der Waals surface area contributed by atoms with Crippen molar-refractivity contribution in [2.24, 2.45) is 0 Å². The van der Waals surface area contributed by atoms with E-state index in [4.69, 9.17) is 0 Å². The summed E-state index contributed by atoms with van der Waals surface area (Å²) in [7, 11) is 0. The summed E-state index contributed by atoms with van der Waals surface area (Å²) >= 11 is 0. The Labute approximate surface area is 263 Å². The highest BCUT2D eigenvalue weighted by atomic mass is 15.1. The quantitative estimate of drug-likeness (QED) is 0.196. The van der Waals surface area contributed by atoms with Gasteiger partial charge < -0.3 is 9.47 Å². The van der Waals surface area contributed by atoms with Gasteiger partial charge in [-0.1, -0.05) is 90.5 Å². The minimum Gasteiger partial charge on any atom is -0.311 e. The van der Waals surface area contributed by atoms with Gasteiger partial charge in [0, 0.05) is 45.9 Å². The number of para-hydroxylation sites is 2. The van der Waals surface area contributed by atoms with Gasteiger partial charge in [0.2, 0.25) is 0 Å². The second-order valence-electron chi connectivity index (χ2n) is 11.4. The van der Waals surface area contributed by atoms with Crippen molar-refractivity contribution < 1.29 is 0 Å². The highest BCUT2D eigenvalue weighted by molar-refractivity contribution is 6.09. The van der Waals surface area contributed by atoms with Crippen molar-refractivity contribution in [2.45, 2.75) is 6.92 Å². The molecule has 0 saturated carbocycles. The first-order chi connectivity index (χ1) is 22.2. The topological polar surface area (TPSA) is 21.1 Å². The van der Waals surface area contributed by atoms with Crippen molar-refractivity contribution in [1.82, 2.24) is 9.55 Å². The first kappa shape index (κ1) is 26.7. The van der Waals surface area contributed by atoms with Crippen molar-refractivity contribution in [3.8, 4) is 27.9 Å². The predicted molar refractivity (Wildman–Crippen MR) is 189 cm³/mol. The number of rotatable bonds is 6. The van der Waals surface area contributed by atoms with Gasteiger partial charge in [-0.25, -0.2) is 0 Å². The number of fused-ring (bicyclic) bond motifs is 3. The number of pyridine rings is 1. The minimum atomic E-state index is 1.10. The minimum absolute atomic E-state index is 1.10. The van der Waals surface area contributed by atoms with E-state index in [0.29, 0.717) is 0 Å². The van der Waals surface area contributed by atoms with Crippen LogP contribution in [0.5, 0.6) is 0 Å². The summed E-state index contributed by atoms with van der Waals surface area (Å²) < 4.78 is 2.36. The van der Waals surface area contributed by atoms with Gasteiger partial charge >= 0.3 is 0 Å². The monoisotopic (exact) mass is 577 g/mol. The van der Waals surface area contributed by atoms with E-state index in [1.807, 2.05) is 24.5 Å². The molecule has 0 N–H and O–H groups in total. The molecule has 8 rings (SSSR count). The highest BCUT2D eigenvalue weighted by Crippen LogP contribution is 2.38. The van der Waals surface area contributed by atoms with E-state index in [2.05, 4.69) is 167 Å². The lowest BCUT2D eigenvalue weighted by atomic mass is 10.0. The maximum absolute atomic E-state index is 4.18. The fourth-order valence-corrected chi connectivity index (χ4v) is 6.29. The number of hydrogen-bond donors (Lipinski definition) is 0. The van der Waals surface area contributed by atoms with Crippen molar-refractivity contribution >= 4 is 38.9 Å². The summed E-state index contributed by atoms with van der Waals surface area (Å²) in [5, 5.41) is 2.53. The summed E-state index contributed by atoms with van der Waals surface area (Å²) in [5.41, 5.74) is 12.9. The second-order valence-corrected chi connectivity index (χ2v) is 11.4. The summed E-state index contributed by atoms with van der Waals surface area (Å²) in [6, 6.07) is 56.6. The standard InChI is InChI=1S/C42H31N3/c1-30-10-12-31(13-11-30)32-14-18-35(19-15-32)44(36-20-16-33(17-21-36)34-26-28-43-29-27-34)37-22-24-38(25-23-37)45-41-8-4-2-6-39(41)40-7-3-5-9-42(40)45/h2-29H,1H3. The van der Waals surface area contributed by atoms with Gasteiger partial charge in [-0.05, 0) is 102 Å². The SMILES string of the molecule is Cc1ccc(-c2ccc(N(c3ccc(-c4ccncc4)cc3)c3ccc(-n4c5ccccc5c5ccccc54)cc3)cc2)cc1. The highest BCUT2D eigenvalue weighted by Gasteiger charge is 2.15. The number of aromatic nitrogens is 2. The zero-order valence-electron chi connectivity index (χ0n) is 25.0. The van der Waals surface area contributed by atoms with Gasteiger partial charge in [0.05, 0.1) is 11.0 Å². The maximum Gasteiger partial charge on any atom is 0.0541 e. The van der Waals surface area contributed by atoms with Gasteiger partial charge in [-0.2, -0.15) is 0 Å². The van der Waals surface area contributed by atoms with Gasteiger partial charge in [0.1, 0.15) is 0 Å². The molecule has 0 bridgehead atoms. The molecule has 0 radical (unpaired) electrons. The molecule has 3 nitrogen and oxygen atoms in total. The molecule has 2 heterocycles. The zero-order chi connectivity index (χ0) is 30.2. The first-order valence-electron chi connectivity index (χ1n) is 15.3. The molecule has 2 aromatic heterocycles. The molecule has 0 fully saturated rings. The average Bonchev–Trinajstić information content (AvgIpc) is 3.45. The van der Waals surface area contributed by atoms with Crippen molar-refractivity contribution in [2.75, 3.05) is 4.90 Å². The normalized spacial score (nSPS) is 11.2. The fraction of sp³-hybridized carbons (Fsp3) is 0.0238. The van der Waals surface area contributed by atoms with E-state index < -0.39 is 0 Å². The molecule has 0 aliphatic heterocycles. The van der Waals surface area contributed by atoms with E-state index in [-0.39, 0.29) is 0 Å². The number of nitrogens with zero attached hydrogens (tertiary/aromatic N) is 3. The summed E-state index contributed by atoms with van der Waals surface area (Å²) in [6.45, 7) is 2.12. The predicted octanol–water partition coefficient (Wildman–Crippen LogP) is 11.3. The Hall–Kier alpha value is -5.93. The van der Waals surface area contributed by atoms with Crippen molar-refractivity contribution in [1.29, 1.82) is 0 Å². The maximum atomic E-state index is 4.18. The van der Waals surface area contributed by atoms with Crippen LogP contribution in [-0.4, -0.2) is 9.55 Å². The Kier molecular flexibility index (Phi) is 6.69. The molecule has 0 saturated heterocycles. The van der Waals surface area contributed by atoms with E-state index in [0.717, 1.165) is 33.9 Å². The zero-order valence-corrected chi connectivity index (χ0v) is 25.0. The van der Waals surface area contributed by atoms with E-state index in [1.54, 1.807) is 0 Å². The molecule has 0 unspecified atom stereocenters. The van der Waals surface area contributed by atoms with Crippen LogP contribution >= 0.6 is 0 Å². The van der Waals surface area contributed by atoms with Crippen LogP contribution in [0.1, 0.15) is 5.56 Å². The lowest BCUT2D eigenvalue weighted by Gasteiger charge is -2.26. The summed E-state index contributed by atoms with van der Waals surface area (Å²) in [4.78, 5) is 6.50.